The van der Waals surface area contributed by atoms with Crippen molar-refractivity contribution < 1.29 is 10.1 Å². The molecule has 2 aromatic rings. The van der Waals surface area contributed by atoms with Crippen molar-refractivity contribution in [3.05, 3.63) is 36.7 Å². The molecule has 0 spiro atoms. The highest BCUT2D eigenvalue weighted by Gasteiger charge is 2.08. The van der Waals surface area contributed by atoms with Crippen LogP contribution in [0.2, 0.25) is 0 Å². The first-order chi connectivity index (χ1) is 15.4. The Morgan fingerprint density at radius 3 is 2.22 bits per heavy atom. The normalized spacial score (nSPS) is 9.28. The summed E-state index contributed by atoms with van der Waals surface area (Å²) in [7, 11) is 3.57. The molecule has 0 saturated carbocycles. The largest absolute Gasteiger partial charge is 0.341 e. The van der Waals surface area contributed by atoms with E-state index in [4.69, 9.17) is 0 Å². The molecule has 0 aliphatic heterocycles. The van der Waals surface area contributed by atoms with Gasteiger partial charge in [-0.2, -0.15) is 15.0 Å². The number of quaternary nitrogens is 1. The van der Waals surface area contributed by atoms with Gasteiger partial charge in [-0.25, -0.2) is 9.98 Å². The molecule has 0 aromatic carbocycles. The van der Waals surface area contributed by atoms with Crippen LogP contribution in [0.5, 0.6) is 0 Å². The summed E-state index contributed by atoms with van der Waals surface area (Å²) >= 11 is 4.64. The van der Waals surface area contributed by atoms with Crippen LogP contribution in [-0.2, 0) is 11.8 Å². The van der Waals surface area contributed by atoms with Crippen molar-refractivity contribution in [1.29, 1.82) is 0 Å². The summed E-state index contributed by atoms with van der Waals surface area (Å²) in [6.07, 6.45) is 4.37. The molecular weight excluding hydrogens is 426 g/mol. The van der Waals surface area contributed by atoms with Crippen molar-refractivity contribution in [3.63, 3.8) is 0 Å². The van der Waals surface area contributed by atoms with Crippen molar-refractivity contribution in [2.24, 2.45) is 12.0 Å². The molecule has 0 fully saturated rings. The minimum atomic E-state index is -0.109. The number of nitrogens with zero attached hydrogens (tertiary/aromatic N) is 5. The van der Waals surface area contributed by atoms with E-state index in [-0.39, 0.29) is 5.91 Å². The molecule has 32 heavy (non-hydrogen) atoms. The van der Waals surface area contributed by atoms with Crippen molar-refractivity contribution >= 4 is 29.0 Å². The molecule has 2 rings (SSSR count). The van der Waals surface area contributed by atoms with Crippen molar-refractivity contribution in [3.8, 4) is 11.4 Å². The summed E-state index contributed by atoms with van der Waals surface area (Å²) in [6.45, 7) is 18.2. The summed E-state index contributed by atoms with van der Waals surface area (Å²) in [5, 5.41) is 12.7. The number of aromatic nitrogens is 4. The van der Waals surface area contributed by atoms with Gasteiger partial charge in [-0.3, -0.25) is 4.79 Å². The number of likely N-dealkylation sites (N-methyl/N-ethyl adjacent to an activating group) is 1. The molecule has 3 N–H and O–H groups in total. The van der Waals surface area contributed by atoms with Crippen LogP contribution in [0.25, 0.3) is 17.1 Å². The summed E-state index contributed by atoms with van der Waals surface area (Å²) in [4.78, 5) is 21.8. The summed E-state index contributed by atoms with van der Waals surface area (Å²) < 4.78 is 0. The third-order valence-corrected chi connectivity index (χ3v) is 2.92. The van der Waals surface area contributed by atoms with Crippen molar-refractivity contribution in [1.82, 2.24) is 25.3 Å². The van der Waals surface area contributed by atoms with Crippen molar-refractivity contribution in [2.75, 3.05) is 20.0 Å². The van der Waals surface area contributed by atoms with Gasteiger partial charge in [-0.05, 0) is 19.1 Å². The van der Waals surface area contributed by atoms with Crippen LogP contribution in [0.15, 0.2) is 36.0 Å². The van der Waals surface area contributed by atoms with E-state index >= 15 is 0 Å². The number of pyridine rings is 1. The lowest BCUT2D eigenvalue weighted by Crippen LogP contribution is -2.82. The highest BCUT2D eigenvalue weighted by atomic mass is 35.5. The second-order valence-corrected chi connectivity index (χ2v) is 5.64. The fourth-order valence-corrected chi connectivity index (χ4v) is 1.93. The number of alkyl halides is 1. The van der Waals surface area contributed by atoms with Crippen LogP contribution < -0.4 is 10.6 Å². The Kier molecular flexibility index (Phi) is 24.6. The molecule has 0 bridgehead atoms. The van der Waals surface area contributed by atoms with Gasteiger partial charge in [-0.1, -0.05) is 60.6 Å². The van der Waals surface area contributed by atoms with Gasteiger partial charge in [0.15, 0.2) is 6.54 Å². The van der Waals surface area contributed by atoms with E-state index in [0.29, 0.717) is 35.2 Å². The number of halogens is 1. The SMILES string of the molecule is C=C(N=C(C)NC(=O)C[NH2+]C)c1cccc(-c2cnn(C)n2)n1.CC.CC.CCC.CCl. The predicted octanol–water partition coefficient (Wildman–Crippen LogP) is 3.90. The van der Waals surface area contributed by atoms with Gasteiger partial charge in [-0.15, -0.1) is 11.6 Å². The van der Waals surface area contributed by atoms with E-state index < -0.39 is 0 Å². The Labute approximate surface area is 199 Å². The molecular formula is C23H43ClN7O+. The summed E-state index contributed by atoms with van der Waals surface area (Å²) in [5.74, 6) is 0.372. The van der Waals surface area contributed by atoms with Gasteiger partial charge in [0.1, 0.15) is 11.5 Å². The van der Waals surface area contributed by atoms with Gasteiger partial charge < -0.3 is 10.6 Å². The quantitative estimate of drug-likeness (QED) is 0.394. The number of nitrogens with one attached hydrogen (secondary N) is 1. The van der Waals surface area contributed by atoms with Crippen LogP contribution in [-0.4, -0.2) is 51.7 Å². The van der Waals surface area contributed by atoms with Crippen molar-refractivity contribution in [2.45, 2.75) is 54.9 Å². The number of carbonyl (C=O) groups excluding carboxylic acids is 1. The monoisotopic (exact) mass is 468 g/mol. The highest BCUT2D eigenvalue weighted by molar-refractivity contribution is 6.15. The first-order valence-corrected chi connectivity index (χ1v) is 11.7. The number of rotatable bonds is 5. The van der Waals surface area contributed by atoms with Gasteiger partial charge >= 0.3 is 0 Å². The van der Waals surface area contributed by atoms with E-state index in [9.17, 15) is 4.79 Å². The number of aliphatic imine (C=N–C) groups is 1. The number of amides is 1. The van der Waals surface area contributed by atoms with Gasteiger partial charge in [0.05, 0.1) is 30.3 Å². The zero-order valence-corrected chi connectivity index (χ0v) is 22.3. The Balaban J connectivity index is -0.000000822. The Morgan fingerprint density at radius 2 is 1.75 bits per heavy atom. The smallest absolute Gasteiger partial charge is 0.280 e. The lowest BCUT2D eigenvalue weighted by atomic mass is 10.2. The molecule has 182 valence electrons. The fourth-order valence-electron chi connectivity index (χ4n) is 1.93. The fraction of sp³-hybridized carbons (Fsp3) is 0.522. The first kappa shape index (κ1) is 34.0. The van der Waals surface area contributed by atoms with Crippen LogP contribution in [0.4, 0.5) is 0 Å². The lowest BCUT2D eigenvalue weighted by molar-refractivity contribution is -0.615. The van der Waals surface area contributed by atoms with Gasteiger partial charge in [0.2, 0.25) is 0 Å². The second kappa shape index (κ2) is 23.1. The second-order valence-electron chi connectivity index (χ2n) is 5.64. The van der Waals surface area contributed by atoms with E-state index in [2.05, 4.69) is 57.5 Å². The third kappa shape index (κ3) is 15.3. The molecule has 0 atom stereocenters. The maximum atomic E-state index is 11.5. The Hall–Kier alpha value is -2.58. The zero-order chi connectivity index (χ0) is 25.5. The minimum Gasteiger partial charge on any atom is -0.341 e. The third-order valence-electron chi connectivity index (χ3n) is 2.92. The van der Waals surface area contributed by atoms with Crippen LogP contribution in [0, 0.1) is 0 Å². The zero-order valence-electron chi connectivity index (χ0n) is 21.5. The maximum absolute atomic E-state index is 11.5. The van der Waals surface area contributed by atoms with Gasteiger partial charge in [0.25, 0.3) is 5.91 Å². The Morgan fingerprint density at radius 1 is 1.19 bits per heavy atom. The van der Waals surface area contributed by atoms with Crippen LogP contribution in [0.3, 0.4) is 0 Å². The number of hydrogen-bond acceptors (Lipinski definition) is 5. The molecule has 0 aliphatic rings. The number of aryl methyl sites for hydroxylation is 1. The standard InChI is InChI=1S/C15H19N7O.C3H8.2C2H6.CH3Cl/c1-10(18-11(2)19-15(23)9-16-3)12-6-5-7-13(20-12)14-8-17-22(4)21-14;1-3-2;3*1-2/h5-8,16H,1,9H2,2-4H3,(H,18,19,23);3H2,1-2H3;2*1-2H3;1H3/p+1. The van der Waals surface area contributed by atoms with E-state index in [1.54, 1.807) is 31.6 Å². The number of carbonyl (C=O) groups is 1. The minimum absolute atomic E-state index is 0.109. The first-order valence-electron chi connectivity index (χ1n) is 10.9. The summed E-state index contributed by atoms with van der Waals surface area (Å²) in [6, 6.07) is 5.50. The predicted molar refractivity (Wildman–Crippen MR) is 138 cm³/mol. The van der Waals surface area contributed by atoms with Crippen LogP contribution in [0.1, 0.15) is 60.6 Å². The summed E-state index contributed by atoms with van der Waals surface area (Å²) in [5.41, 5.74) is 2.45. The molecule has 0 aliphatic carbocycles. The molecule has 8 nitrogen and oxygen atoms in total. The van der Waals surface area contributed by atoms with E-state index in [1.165, 1.54) is 17.6 Å². The average Bonchev–Trinajstić information content (AvgIpc) is 3.25. The molecule has 1 amide bonds. The van der Waals surface area contributed by atoms with Gasteiger partial charge in [0, 0.05) is 13.4 Å². The molecule has 2 heterocycles. The molecule has 2 aromatic heterocycles. The molecule has 0 saturated heterocycles. The highest BCUT2D eigenvalue weighted by Crippen LogP contribution is 2.17. The topological polar surface area (TPSA) is 102 Å². The van der Waals surface area contributed by atoms with Crippen LogP contribution >= 0.6 is 11.6 Å². The van der Waals surface area contributed by atoms with E-state index in [1.807, 2.05) is 46.9 Å². The molecule has 0 unspecified atom stereocenters. The van der Waals surface area contributed by atoms with E-state index in [0.717, 1.165) is 0 Å². The molecule has 0 radical (unpaired) electrons. The number of hydrogen-bond donors (Lipinski definition) is 2. The molecule has 9 heteroatoms. The number of amidine groups is 1. The number of nitrogens with two attached hydrogens (primary N) is 1. The lowest BCUT2D eigenvalue weighted by Gasteiger charge is -2.05. The maximum Gasteiger partial charge on any atom is 0.280 e. The average molecular weight is 469 g/mol. The Bertz CT molecular complexity index is 773.